The topological polar surface area (TPSA) is 75.7 Å². The Morgan fingerprint density at radius 2 is 1.77 bits per heavy atom. The van der Waals surface area contributed by atoms with Crippen LogP contribution in [0.1, 0.15) is 5.56 Å². The summed E-state index contributed by atoms with van der Waals surface area (Å²) in [5, 5.41) is 3.32. The van der Waals surface area contributed by atoms with Crippen molar-refractivity contribution in [2.24, 2.45) is 0 Å². The molecule has 1 amide bonds. The zero-order chi connectivity index (χ0) is 19.5. The Morgan fingerprint density at radius 3 is 2.42 bits per heavy atom. The summed E-state index contributed by atoms with van der Waals surface area (Å²) < 4.78 is 31.5. The molecule has 26 heavy (non-hydrogen) atoms. The van der Waals surface area contributed by atoms with Gasteiger partial charge in [0.25, 0.3) is 0 Å². The summed E-state index contributed by atoms with van der Waals surface area (Å²) in [5.41, 5.74) is 0.896. The number of anilines is 1. The molecule has 0 heterocycles. The van der Waals surface area contributed by atoms with Gasteiger partial charge in [-0.05, 0) is 42.8 Å². The lowest BCUT2D eigenvalue weighted by Gasteiger charge is -2.19. The molecule has 2 rings (SSSR count). The summed E-state index contributed by atoms with van der Waals surface area (Å²) in [5.74, 6) is -0.115. The Hall–Kier alpha value is -1.80. The summed E-state index contributed by atoms with van der Waals surface area (Å²) in [7, 11) is -1.09. The van der Waals surface area contributed by atoms with Crippen LogP contribution < -0.4 is 10.1 Å². The van der Waals surface area contributed by atoms with Crippen LogP contribution in [0.2, 0.25) is 10.0 Å². The molecule has 9 heteroatoms. The van der Waals surface area contributed by atoms with E-state index in [4.69, 9.17) is 27.9 Å². The molecule has 0 atom stereocenters. The first-order valence-corrected chi connectivity index (χ1v) is 9.70. The first kappa shape index (κ1) is 20.5. The van der Waals surface area contributed by atoms with Crippen LogP contribution in [0, 0.1) is 6.92 Å². The highest BCUT2D eigenvalue weighted by atomic mass is 35.5. The Morgan fingerprint density at radius 1 is 1.15 bits per heavy atom. The van der Waals surface area contributed by atoms with E-state index in [9.17, 15) is 13.2 Å². The lowest BCUT2D eigenvalue weighted by molar-refractivity contribution is -0.116. The fourth-order valence-corrected chi connectivity index (χ4v) is 4.06. The third kappa shape index (κ3) is 4.67. The van der Waals surface area contributed by atoms with Crippen LogP contribution in [-0.2, 0) is 14.8 Å². The van der Waals surface area contributed by atoms with Crippen molar-refractivity contribution >= 4 is 44.8 Å². The van der Waals surface area contributed by atoms with Gasteiger partial charge in [-0.1, -0.05) is 29.3 Å². The van der Waals surface area contributed by atoms with Crippen molar-refractivity contribution in [3.63, 3.8) is 0 Å². The number of carbonyl (C=O) groups excluding carboxylic acids is 1. The molecule has 0 aliphatic heterocycles. The van der Waals surface area contributed by atoms with Gasteiger partial charge < -0.3 is 10.1 Å². The van der Waals surface area contributed by atoms with Gasteiger partial charge in [0.1, 0.15) is 5.75 Å². The third-order valence-corrected chi connectivity index (χ3v) is 6.06. The van der Waals surface area contributed by atoms with E-state index in [1.807, 2.05) is 0 Å². The van der Waals surface area contributed by atoms with Crippen molar-refractivity contribution in [1.29, 1.82) is 0 Å². The molecule has 0 bridgehead atoms. The highest BCUT2D eigenvalue weighted by Gasteiger charge is 2.25. The molecule has 1 N–H and O–H groups in total. The number of nitrogens with zero attached hydrogens (tertiary/aromatic N) is 1. The summed E-state index contributed by atoms with van der Waals surface area (Å²) in [6, 6.07) is 9.32. The maximum Gasteiger partial charge on any atom is 0.243 e. The third-order valence-electron chi connectivity index (χ3n) is 3.64. The van der Waals surface area contributed by atoms with E-state index >= 15 is 0 Å². The van der Waals surface area contributed by atoms with E-state index in [2.05, 4.69) is 5.32 Å². The molecule has 6 nitrogen and oxygen atoms in total. The summed E-state index contributed by atoms with van der Waals surface area (Å²) in [6.07, 6.45) is 0. The molecule has 0 saturated heterocycles. The van der Waals surface area contributed by atoms with Crippen LogP contribution in [-0.4, -0.2) is 39.3 Å². The number of halogens is 2. The SMILES string of the molecule is COc1ccc(Cl)cc1NC(=O)CN(C)S(=O)(=O)c1cc(Cl)ccc1C. The van der Waals surface area contributed by atoms with Gasteiger partial charge in [-0.3, -0.25) is 4.79 Å². The van der Waals surface area contributed by atoms with Gasteiger partial charge >= 0.3 is 0 Å². The van der Waals surface area contributed by atoms with Crippen molar-refractivity contribution in [2.45, 2.75) is 11.8 Å². The molecule has 0 aromatic heterocycles. The number of hydrogen-bond acceptors (Lipinski definition) is 4. The smallest absolute Gasteiger partial charge is 0.243 e. The first-order chi connectivity index (χ1) is 12.1. The molecule has 2 aromatic carbocycles. The first-order valence-electron chi connectivity index (χ1n) is 7.51. The number of likely N-dealkylation sites (N-methyl/N-ethyl adjacent to an activating group) is 1. The summed E-state index contributed by atoms with van der Waals surface area (Å²) >= 11 is 11.8. The number of aryl methyl sites for hydroxylation is 1. The summed E-state index contributed by atoms with van der Waals surface area (Å²) in [4.78, 5) is 12.3. The van der Waals surface area contributed by atoms with Crippen LogP contribution >= 0.6 is 23.2 Å². The minimum absolute atomic E-state index is 0.0561. The quantitative estimate of drug-likeness (QED) is 0.780. The average molecular weight is 417 g/mol. The predicted molar refractivity (Wildman–Crippen MR) is 103 cm³/mol. The molecule has 140 valence electrons. The Bertz CT molecular complexity index is 932. The van der Waals surface area contributed by atoms with E-state index < -0.39 is 15.9 Å². The fraction of sp³-hybridized carbons (Fsp3) is 0.235. The standard InChI is InChI=1S/C17H18Cl2N2O4S/c1-11-4-5-13(19)9-16(11)26(23,24)21(2)10-17(22)20-14-8-12(18)6-7-15(14)25-3/h4-9H,10H2,1-3H3,(H,20,22). The Kier molecular flexibility index (Phi) is 6.52. The number of carbonyl (C=O) groups is 1. The molecule has 0 radical (unpaired) electrons. The highest BCUT2D eigenvalue weighted by molar-refractivity contribution is 7.89. The van der Waals surface area contributed by atoms with Crippen LogP contribution in [0.25, 0.3) is 0 Å². The molecule has 0 spiro atoms. The molecular weight excluding hydrogens is 399 g/mol. The monoisotopic (exact) mass is 416 g/mol. The lowest BCUT2D eigenvalue weighted by atomic mass is 10.2. The van der Waals surface area contributed by atoms with Gasteiger partial charge in [-0.15, -0.1) is 0 Å². The van der Waals surface area contributed by atoms with Gasteiger partial charge in [-0.25, -0.2) is 8.42 Å². The van der Waals surface area contributed by atoms with E-state index in [0.29, 0.717) is 27.0 Å². The second kappa shape index (κ2) is 8.26. The molecule has 0 aliphatic rings. The van der Waals surface area contributed by atoms with E-state index in [0.717, 1.165) is 4.31 Å². The second-order valence-corrected chi connectivity index (χ2v) is 8.45. The lowest BCUT2D eigenvalue weighted by Crippen LogP contribution is -2.35. The zero-order valence-corrected chi connectivity index (χ0v) is 16.7. The largest absolute Gasteiger partial charge is 0.495 e. The minimum Gasteiger partial charge on any atom is -0.495 e. The second-order valence-electron chi connectivity index (χ2n) is 5.56. The zero-order valence-electron chi connectivity index (χ0n) is 14.4. The molecular formula is C17H18Cl2N2O4S. The van der Waals surface area contributed by atoms with Crippen LogP contribution in [0.15, 0.2) is 41.3 Å². The van der Waals surface area contributed by atoms with Crippen molar-refractivity contribution in [1.82, 2.24) is 4.31 Å². The number of methoxy groups -OCH3 is 1. The van der Waals surface area contributed by atoms with Crippen LogP contribution in [0.5, 0.6) is 5.75 Å². The van der Waals surface area contributed by atoms with E-state index in [-0.39, 0.29) is 11.4 Å². The number of benzene rings is 2. The number of ether oxygens (including phenoxy) is 1. The summed E-state index contributed by atoms with van der Waals surface area (Å²) in [6.45, 7) is 1.28. The highest BCUT2D eigenvalue weighted by Crippen LogP contribution is 2.28. The Balaban J connectivity index is 2.18. The van der Waals surface area contributed by atoms with Crippen molar-refractivity contribution < 1.29 is 17.9 Å². The molecule has 0 fully saturated rings. The van der Waals surface area contributed by atoms with E-state index in [1.165, 1.54) is 26.3 Å². The van der Waals surface area contributed by atoms with Gasteiger partial charge in [0.05, 0.1) is 24.2 Å². The van der Waals surface area contributed by atoms with Gasteiger partial charge in [0, 0.05) is 17.1 Å². The number of sulfonamides is 1. The van der Waals surface area contributed by atoms with Crippen LogP contribution in [0.3, 0.4) is 0 Å². The van der Waals surface area contributed by atoms with Crippen LogP contribution in [0.4, 0.5) is 5.69 Å². The van der Waals surface area contributed by atoms with Crippen molar-refractivity contribution in [3.8, 4) is 5.75 Å². The van der Waals surface area contributed by atoms with Crippen molar-refractivity contribution in [2.75, 3.05) is 26.0 Å². The molecule has 0 saturated carbocycles. The number of hydrogen-bond donors (Lipinski definition) is 1. The number of nitrogens with one attached hydrogen (secondary N) is 1. The predicted octanol–water partition coefficient (Wildman–Crippen LogP) is 3.57. The van der Waals surface area contributed by atoms with Gasteiger partial charge in [0.15, 0.2) is 0 Å². The maximum atomic E-state index is 12.7. The average Bonchev–Trinajstić information content (AvgIpc) is 2.57. The van der Waals surface area contributed by atoms with Gasteiger partial charge in [-0.2, -0.15) is 4.31 Å². The van der Waals surface area contributed by atoms with E-state index in [1.54, 1.807) is 31.2 Å². The normalized spacial score (nSPS) is 11.5. The Labute approximate surface area is 162 Å². The van der Waals surface area contributed by atoms with Crippen molar-refractivity contribution in [3.05, 3.63) is 52.0 Å². The number of rotatable bonds is 6. The molecule has 2 aromatic rings. The number of amides is 1. The minimum atomic E-state index is -3.87. The molecule has 0 aliphatic carbocycles. The maximum absolute atomic E-state index is 12.7. The van der Waals surface area contributed by atoms with Gasteiger partial charge in [0.2, 0.25) is 15.9 Å². The fourth-order valence-electron chi connectivity index (χ4n) is 2.27. The molecule has 0 unspecified atom stereocenters.